The van der Waals surface area contributed by atoms with Crippen molar-refractivity contribution in [1.29, 1.82) is 0 Å². The quantitative estimate of drug-likeness (QED) is 0.0421. The van der Waals surface area contributed by atoms with E-state index >= 15 is 0 Å². The Kier molecular flexibility index (Phi) is 53.3. The molecule has 0 aromatic carbocycles. The molecule has 0 saturated carbocycles. The van der Waals surface area contributed by atoms with Crippen molar-refractivity contribution in [2.75, 3.05) is 6.61 Å². The molecule has 372 valence electrons. The van der Waals surface area contributed by atoms with Gasteiger partial charge in [-0.05, 0) is 70.6 Å². The van der Waals surface area contributed by atoms with Crippen LogP contribution in [0, 0.1) is 0 Å². The van der Waals surface area contributed by atoms with Gasteiger partial charge in [-0.2, -0.15) is 0 Å². The lowest BCUT2D eigenvalue weighted by atomic mass is 10.0. The zero-order valence-corrected chi connectivity index (χ0v) is 42.8. The zero-order chi connectivity index (χ0) is 46.3. The number of hydrogen-bond donors (Lipinski definition) is 3. The molecule has 64 heavy (non-hydrogen) atoms. The second-order valence-corrected chi connectivity index (χ2v) is 19.0. The van der Waals surface area contributed by atoms with Crippen LogP contribution < -0.4 is 5.32 Å². The first kappa shape index (κ1) is 61.8. The van der Waals surface area contributed by atoms with E-state index in [-0.39, 0.29) is 12.5 Å². The van der Waals surface area contributed by atoms with Crippen LogP contribution >= 0.6 is 0 Å². The molecule has 0 saturated heterocycles. The molecule has 0 aliphatic carbocycles. The summed E-state index contributed by atoms with van der Waals surface area (Å²) in [5, 5.41) is 23.1. The molecule has 0 aromatic rings. The van der Waals surface area contributed by atoms with Crippen LogP contribution in [0.2, 0.25) is 0 Å². The third-order valence-electron chi connectivity index (χ3n) is 12.7. The first-order valence-corrected chi connectivity index (χ1v) is 28.2. The van der Waals surface area contributed by atoms with Gasteiger partial charge in [-0.3, -0.25) is 4.79 Å². The Morgan fingerprint density at radius 3 is 1.09 bits per heavy atom. The van der Waals surface area contributed by atoms with Gasteiger partial charge in [-0.15, -0.1) is 0 Å². The highest BCUT2D eigenvalue weighted by atomic mass is 16.3. The number of hydrogen-bond acceptors (Lipinski definition) is 3. The second kappa shape index (κ2) is 55.2. The summed E-state index contributed by atoms with van der Waals surface area (Å²) in [7, 11) is 0. The van der Waals surface area contributed by atoms with Gasteiger partial charge in [0.05, 0.1) is 18.8 Å². The normalized spacial score (nSPS) is 13.4. The molecule has 0 radical (unpaired) electrons. The van der Waals surface area contributed by atoms with Crippen molar-refractivity contribution in [1.82, 2.24) is 5.32 Å². The van der Waals surface area contributed by atoms with Crippen LogP contribution in [-0.4, -0.2) is 34.9 Å². The van der Waals surface area contributed by atoms with Crippen LogP contribution in [0.25, 0.3) is 0 Å². The largest absolute Gasteiger partial charge is 0.394 e. The summed E-state index contributed by atoms with van der Waals surface area (Å²) in [6, 6.07) is -0.641. The van der Waals surface area contributed by atoms with Gasteiger partial charge in [-0.1, -0.05) is 279 Å². The van der Waals surface area contributed by atoms with Crippen LogP contribution in [0.5, 0.6) is 0 Å². The summed E-state index contributed by atoms with van der Waals surface area (Å²) in [6.45, 7) is 4.20. The van der Waals surface area contributed by atoms with E-state index in [4.69, 9.17) is 0 Å². The fraction of sp³-hybridized carbons (Fsp3) is 0.783. The molecule has 0 aliphatic rings. The fourth-order valence-electron chi connectivity index (χ4n) is 8.42. The predicted octanol–water partition coefficient (Wildman–Crippen LogP) is 18.6. The Morgan fingerprint density at radius 1 is 0.391 bits per heavy atom. The Hall–Kier alpha value is -2.17. The smallest absolute Gasteiger partial charge is 0.220 e. The minimum atomic E-state index is -0.864. The third-order valence-corrected chi connectivity index (χ3v) is 12.7. The Morgan fingerprint density at radius 2 is 0.703 bits per heavy atom. The van der Waals surface area contributed by atoms with Gasteiger partial charge in [0, 0.05) is 6.42 Å². The Labute approximate surface area is 399 Å². The molecule has 0 rings (SSSR count). The van der Waals surface area contributed by atoms with Crippen LogP contribution in [-0.2, 0) is 4.79 Å². The first-order chi connectivity index (χ1) is 31.7. The Balaban J connectivity index is 3.51. The van der Waals surface area contributed by atoms with Crippen molar-refractivity contribution in [3.8, 4) is 0 Å². The number of nitrogens with one attached hydrogen (secondary N) is 1. The van der Waals surface area contributed by atoms with E-state index in [1.807, 2.05) is 6.08 Å². The fourth-order valence-corrected chi connectivity index (χ4v) is 8.42. The molecule has 4 heteroatoms. The van der Waals surface area contributed by atoms with Crippen molar-refractivity contribution in [2.45, 2.75) is 296 Å². The van der Waals surface area contributed by atoms with Gasteiger partial charge in [-0.25, -0.2) is 0 Å². The van der Waals surface area contributed by atoms with E-state index in [0.29, 0.717) is 6.42 Å². The molecule has 0 bridgehead atoms. The number of aliphatic hydroxyl groups is 2. The highest BCUT2D eigenvalue weighted by molar-refractivity contribution is 5.76. The summed E-state index contributed by atoms with van der Waals surface area (Å²) < 4.78 is 0. The molecule has 2 atom stereocenters. The van der Waals surface area contributed by atoms with Gasteiger partial charge < -0.3 is 15.5 Å². The molecular formula is C60H109NO3. The van der Waals surface area contributed by atoms with E-state index in [1.54, 1.807) is 6.08 Å². The lowest BCUT2D eigenvalue weighted by Crippen LogP contribution is -2.45. The Bertz CT molecular complexity index is 1100. The molecule has 0 aliphatic heterocycles. The van der Waals surface area contributed by atoms with Crippen molar-refractivity contribution in [3.63, 3.8) is 0 Å². The molecule has 0 spiro atoms. The molecule has 2 unspecified atom stereocenters. The van der Waals surface area contributed by atoms with Crippen LogP contribution in [0.15, 0.2) is 72.9 Å². The maximum atomic E-state index is 12.5. The van der Waals surface area contributed by atoms with Crippen LogP contribution in [0.3, 0.4) is 0 Å². The monoisotopic (exact) mass is 892 g/mol. The van der Waals surface area contributed by atoms with Crippen molar-refractivity contribution >= 4 is 5.91 Å². The lowest BCUT2D eigenvalue weighted by Gasteiger charge is -2.19. The zero-order valence-electron chi connectivity index (χ0n) is 42.8. The first-order valence-electron chi connectivity index (χ1n) is 28.2. The van der Waals surface area contributed by atoms with Crippen molar-refractivity contribution in [3.05, 3.63) is 72.9 Å². The number of aliphatic hydroxyl groups excluding tert-OH is 2. The summed E-state index contributed by atoms with van der Waals surface area (Å²) in [4.78, 5) is 12.5. The third kappa shape index (κ3) is 50.8. The molecule has 3 N–H and O–H groups in total. The SMILES string of the molecule is CC/C=C\C/C=C\C/C=C\C/C=C\CCCCCCCCCCCCCCCCCCCCC(=O)NC(CO)C(O)/C=C/CC/C=C/CCCCCCCCCCCCCCCCC. The van der Waals surface area contributed by atoms with E-state index < -0.39 is 12.1 Å². The number of rotatable bonds is 51. The number of allylic oxidation sites excluding steroid dienone is 11. The van der Waals surface area contributed by atoms with Crippen molar-refractivity contribution in [2.24, 2.45) is 0 Å². The molecule has 0 aromatic heterocycles. The topological polar surface area (TPSA) is 69.6 Å². The van der Waals surface area contributed by atoms with Gasteiger partial charge in [0.25, 0.3) is 0 Å². The number of unbranched alkanes of at least 4 members (excludes halogenated alkanes) is 34. The highest BCUT2D eigenvalue weighted by Crippen LogP contribution is 2.17. The van der Waals surface area contributed by atoms with Gasteiger partial charge in [0.15, 0.2) is 0 Å². The highest BCUT2D eigenvalue weighted by Gasteiger charge is 2.18. The maximum absolute atomic E-state index is 12.5. The van der Waals surface area contributed by atoms with Gasteiger partial charge in [0.2, 0.25) is 5.91 Å². The standard InChI is InChI=1S/C60H109NO3/c1-3-5-7-9-11-13-15-17-19-21-23-25-26-27-28-29-30-31-32-33-34-36-38-40-42-44-46-48-50-52-54-56-60(64)61-58(57-62)59(63)55-53-51-49-47-45-43-41-39-37-35-24-22-20-18-16-14-12-10-8-6-4-2/h5,7,11,13,17,19,23,25,45,47,53,55,58-59,62-63H,3-4,6,8-10,12,14-16,18,20-22,24,26-44,46,48-52,54,56-57H2,1-2H3,(H,61,64)/b7-5-,13-11-,19-17-,25-23-,47-45+,55-53+. The predicted molar refractivity (Wildman–Crippen MR) is 285 cm³/mol. The summed E-state index contributed by atoms with van der Waals surface area (Å²) in [5.74, 6) is -0.0718. The van der Waals surface area contributed by atoms with Gasteiger partial charge >= 0.3 is 0 Å². The molecule has 0 heterocycles. The van der Waals surface area contributed by atoms with E-state index in [0.717, 1.165) is 57.8 Å². The molecular weight excluding hydrogens is 783 g/mol. The summed E-state index contributed by atoms with van der Waals surface area (Å²) in [6.07, 6.45) is 79.2. The average Bonchev–Trinajstić information content (AvgIpc) is 3.30. The minimum Gasteiger partial charge on any atom is -0.394 e. The van der Waals surface area contributed by atoms with E-state index in [1.165, 1.54) is 205 Å². The average molecular weight is 893 g/mol. The van der Waals surface area contributed by atoms with E-state index in [9.17, 15) is 15.0 Å². The van der Waals surface area contributed by atoms with Crippen LogP contribution in [0.1, 0.15) is 284 Å². The number of amides is 1. The number of carbonyl (C=O) groups excluding carboxylic acids is 1. The lowest BCUT2D eigenvalue weighted by molar-refractivity contribution is -0.123. The molecule has 1 amide bonds. The molecule has 0 fully saturated rings. The molecule has 4 nitrogen and oxygen atoms in total. The number of carbonyl (C=O) groups is 1. The van der Waals surface area contributed by atoms with Crippen LogP contribution in [0.4, 0.5) is 0 Å². The van der Waals surface area contributed by atoms with E-state index in [2.05, 4.69) is 79.9 Å². The summed E-state index contributed by atoms with van der Waals surface area (Å²) in [5.41, 5.74) is 0. The van der Waals surface area contributed by atoms with Gasteiger partial charge in [0.1, 0.15) is 0 Å². The second-order valence-electron chi connectivity index (χ2n) is 19.0. The summed E-state index contributed by atoms with van der Waals surface area (Å²) >= 11 is 0. The van der Waals surface area contributed by atoms with Crippen molar-refractivity contribution < 1.29 is 15.0 Å². The maximum Gasteiger partial charge on any atom is 0.220 e. The minimum absolute atomic E-state index is 0.0718.